The number of aliphatic hydroxyl groups is 1. The summed E-state index contributed by atoms with van der Waals surface area (Å²) in [7, 11) is 0. The molecule has 4 rings (SSSR count). The lowest BCUT2D eigenvalue weighted by atomic mass is 9.70. The monoisotopic (exact) mass is 673 g/mol. The van der Waals surface area contributed by atoms with E-state index < -0.39 is 35.6 Å². The minimum atomic E-state index is -1.16. The van der Waals surface area contributed by atoms with Crippen molar-refractivity contribution in [3.8, 4) is 0 Å². The van der Waals surface area contributed by atoms with Crippen LogP contribution in [0.1, 0.15) is 58.8 Å². The molecule has 1 aromatic rings. The summed E-state index contributed by atoms with van der Waals surface area (Å²) in [5.74, 6) is -2.53. The maximum atomic E-state index is 14.7. The van der Waals surface area contributed by atoms with Gasteiger partial charge in [-0.2, -0.15) is 0 Å². The van der Waals surface area contributed by atoms with Crippen LogP contribution in [0, 0.1) is 11.8 Å². The number of hydrogen-bond donors (Lipinski definition) is 1. The number of ether oxygens (including phenoxy) is 2. The van der Waals surface area contributed by atoms with E-state index in [0.29, 0.717) is 44.3 Å². The number of esters is 1. The first-order valence-electron chi connectivity index (χ1n) is 16.1. The lowest BCUT2D eigenvalue weighted by Crippen LogP contribution is -2.57. The summed E-state index contributed by atoms with van der Waals surface area (Å²) in [6.07, 6.45) is 7.75. The first-order chi connectivity index (χ1) is 21.3. The minimum Gasteiger partial charge on any atom is -0.465 e. The minimum absolute atomic E-state index is 0.0657. The first-order valence-corrected chi connectivity index (χ1v) is 17.0. The normalized spacial score (nSPS) is 26.9. The van der Waals surface area contributed by atoms with Crippen LogP contribution in [0.5, 0.6) is 0 Å². The van der Waals surface area contributed by atoms with Crippen molar-refractivity contribution in [1.82, 2.24) is 4.90 Å². The van der Waals surface area contributed by atoms with Gasteiger partial charge in [0.2, 0.25) is 5.91 Å². The van der Waals surface area contributed by atoms with Gasteiger partial charge in [-0.05, 0) is 83.1 Å². The van der Waals surface area contributed by atoms with Crippen molar-refractivity contribution in [2.75, 3.05) is 49.2 Å². The maximum Gasteiger partial charge on any atom is 0.312 e. The molecule has 3 saturated heterocycles. The molecule has 0 saturated carbocycles. The number of benzene rings is 1. The number of nitrogens with zero attached hydrogens (tertiary/aromatic N) is 3. The van der Waals surface area contributed by atoms with Gasteiger partial charge in [0, 0.05) is 49.0 Å². The third kappa shape index (κ3) is 6.63. The number of carbonyl (C=O) groups is 3. The number of allylic oxidation sites excluding steroid dienone is 1. The Kier molecular flexibility index (Phi) is 12.1. The lowest BCUT2D eigenvalue weighted by Gasteiger charge is -2.37. The van der Waals surface area contributed by atoms with Crippen LogP contribution >= 0.6 is 15.9 Å². The smallest absolute Gasteiger partial charge is 0.312 e. The molecule has 242 valence electrons. The summed E-state index contributed by atoms with van der Waals surface area (Å²) in [5.41, 5.74) is 0.615. The fraction of sp³-hybridized carbons (Fsp3) is 0.618. The van der Waals surface area contributed by atoms with Crippen LogP contribution < -0.4 is 9.80 Å². The zero-order valence-electron chi connectivity index (χ0n) is 26.2. The second-order valence-corrected chi connectivity index (χ2v) is 13.0. The van der Waals surface area contributed by atoms with Gasteiger partial charge in [-0.3, -0.25) is 14.4 Å². The van der Waals surface area contributed by atoms with E-state index >= 15 is 0 Å². The Balaban J connectivity index is 1.67. The number of amides is 2. The molecule has 3 unspecified atom stereocenters. The number of alkyl halides is 1. The molecule has 3 aliphatic heterocycles. The third-order valence-electron chi connectivity index (χ3n) is 9.27. The summed E-state index contributed by atoms with van der Waals surface area (Å²) in [4.78, 5) is 47.8. The summed E-state index contributed by atoms with van der Waals surface area (Å²) in [5, 5.41) is 9.32. The Bertz CT molecular complexity index is 1170. The number of carbonyl (C=O) groups excluding carboxylic acids is 3. The number of unbranched alkanes of at least 4 members (excludes halogenated alkanes) is 4. The van der Waals surface area contributed by atoms with Crippen molar-refractivity contribution in [2.45, 2.75) is 81.4 Å². The molecule has 1 spiro atoms. The quantitative estimate of drug-likeness (QED) is 0.103. The van der Waals surface area contributed by atoms with Crippen molar-refractivity contribution in [2.24, 2.45) is 11.8 Å². The van der Waals surface area contributed by atoms with E-state index in [9.17, 15) is 19.5 Å². The molecule has 44 heavy (non-hydrogen) atoms. The molecule has 0 aromatic heterocycles. The molecule has 2 amide bonds. The predicted octanol–water partition coefficient (Wildman–Crippen LogP) is 4.86. The topological polar surface area (TPSA) is 99.6 Å². The Labute approximate surface area is 270 Å². The number of halogens is 1. The molecule has 0 radical (unpaired) electrons. The van der Waals surface area contributed by atoms with Crippen molar-refractivity contribution >= 4 is 45.1 Å². The second kappa shape index (κ2) is 15.5. The van der Waals surface area contributed by atoms with Crippen LogP contribution in [0.4, 0.5) is 11.4 Å². The number of likely N-dealkylation sites (tertiary alicyclic amines) is 1. The molecule has 1 aromatic carbocycles. The molecule has 6 atom stereocenters. The van der Waals surface area contributed by atoms with E-state index in [-0.39, 0.29) is 36.4 Å². The van der Waals surface area contributed by atoms with Gasteiger partial charge in [-0.25, -0.2) is 0 Å². The second-order valence-electron chi connectivity index (χ2n) is 11.9. The zero-order chi connectivity index (χ0) is 31.9. The standard InChI is InChI=1S/C34H48BrN3O6/c1-5-9-10-14-22-43-33(42)27-28-31(40)38(20-12-11-13-21-39)30(34(28)23-26(35)29(27)44-34)32(41)37(19-6-2)25-17-15-24(16-18-25)36(7-3)8-4/h5-6,15-18,26-30,39H,1-2,7-14,19-23H2,3-4H3/t26?,27-,28-,29-,30?,34?/m0/s1. The molecular formula is C34H48BrN3O6. The average molecular weight is 675 g/mol. The highest BCUT2D eigenvalue weighted by Gasteiger charge is 2.77. The molecule has 3 fully saturated rings. The Morgan fingerprint density at radius 2 is 1.80 bits per heavy atom. The fourth-order valence-electron chi connectivity index (χ4n) is 7.18. The number of rotatable bonds is 18. The van der Waals surface area contributed by atoms with Crippen LogP contribution in [0.3, 0.4) is 0 Å². The summed E-state index contributed by atoms with van der Waals surface area (Å²) in [6.45, 7) is 14.5. The van der Waals surface area contributed by atoms with E-state index in [4.69, 9.17) is 9.47 Å². The van der Waals surface area contributed by atoms with Crippen LogP contribution in [0.25, 0.3) is 0 Å². The highest BCUT2D eigenvalue weighted by molar-refractivity contribution is 9.09. The van der Waals surface area contributed by atoms with E-state index in [2.05, 4.69) is 47.8 Å². The van der Waals surface area contributed by atoms with Gasteiger partial charge in [-0.15, -0.1) is 13.2 Å². The Morgan fingerprint density at radius 3 is 2.43 bits per heavy atom. The van der Waals surface area contributed by atoms with Crippen molar-refractivity contribution in [3.63, 3.8) is 0 Å². The average Bonchev–Trinajstić information content (AvgIpc) is 3.62. The van der Waals surface area contributed by atoms with Gasteiger partial charge in [0.25, 0.3) is 5.91 Å². The summed E-state index contributed by atoms with van der Waals surface area (Å²) in [6, 6.07) is 6.96. The molecule has 9 nitrogen and oxygen atoms in total. The number of anilines is 2. The van der Waals surface area contributed by atoms with Crippen LogP contribution in [-0.2, 0) is 23.9 Å². The SMILES string of the molecule is C=CCCCCOC(=O)[C@H]1[C@H]2C(=O)N(CCCCCO)C(C(=O)N(CC=C)c3ccc(N(CC)CC)cc3)C23CC(Br)[C@@H]1O3. The van der Waals surface area contributed by atoms with Crippen LogP contribution in [0.2, 0.25) is 0 Å². The highest BCUT2D eigenvalue weighted by atomic mass is 79.9. The fourth-order valence-corrected chi connectivity index (χ4v) is 8.12. The van der Waals surface area contributed by atoms with E-state index in [1.54, 1.807) is 15.9 Å². The van der Waals surface area contributed by atoms with Crippen LogP contribution in [0.15, 0.2) is 49.6 Å². The third-order valence-corrected chi connectivity index (χ3v) is 10.1. The van der Waals surface area contributed by atoms with E-state index in [1.165, 1.54) is 0 Å². The number of aliphatic hydroxyl groups excluding tert-OH is 1. The van der Waals surface area contributed by atoms with Gasteiger partial charge in [0.1, 0.15) is 11.6 Å². The van der Waals surface area contributed by atoms with Crippen molar-refractivity contribution in [3.05, 3.63) is 49.6 Å². The Hall–Kier alpha value is -2.69. The van der Waals surface area contributed by atoms with Gasteiger partial charge in [0.05, 0.1) is 24.5 Å². The van der Waals surface area contributed by atoms with Crippen molar-refractivity contribution in [1.29, 1.82) is 0 Å². The highest BCUT2D eigenvalue weighted by Crippen LogP contribution is 2.60. The predicted molar refractivity (Wildman–Crippen MR) is 176 cm³/mol. The van der Waals surface area contributed by atoms with Gasteiger partial charge in [0.15, 0.2) is 0 Å². The van der Waals surface area contributed by atoms with Gasteiger partial charge < -0.3 is 29.3 Å². The number of fused-ring (bicyclic) bond motifs is 1. The summed E-state index contributed by atoms with van der Waals surface area (Å²) >= 11 is 3.73. The summed E-state index contributed by atoms with van der Waals surface area (Å²) < 4.78 is 12.3. The van der Waals surface area contributed by atoms with E-state index in [1.807, 2.05) is 30.3 Å². The van der Waals surface area contributed by atoms with Crippen molar-refractivity contribution < 1.29 is 29.0 Å². The lowest BCUT2D eigenvalue weighted by molar-refractivity contribution is -0.155. The first kappa shape index (κ1) is 34.2. The molecule has 3 heterocycles. The molecule has 3 aliphatic rings. The number of hydrogen-bond acceptors (Lipinski definition) is 7. The van der Waals surface area contributed by atoms with Gasteiger partial charge in [-0.1, -0.05) is 28.1 Å². The molecule has 1 N–H and O–H groups in total. The largest absolute Gasteiger partial charge is 0.465 e. The van der Waals surface area contributed by atoms with Crippen LogP contribution in [-0.4, -0.2) is 89.8 Å². The van der Waals surface area contributed by atoms with Gasteiger partial charge >= 0.3 is 5.97 Å². The molecule has 10 heteroatoms. The maximum absolute atomic E-state index is 14.7. The molecule has 0 aliphatic carbocycles. The Morgan fingerprint density at radius 1 is 1.09 bits per heavy atom. The molecular weight excluding hydrogens is 626 g/mol. The zero-order valence-corrected chi connectivity index (χ0v) is 27.8. The van der Waals surface area contributed by atoms with E-state index in [0.717, 1.165) is 31.6 Å². The molecule has 2 bridgehead atoms.